The summed E-state index contributed by atoms with van der Waals surface area (Å²) in [5.74, 6) is 0.653. The fraction of sp³-hybridized carbons (Fsp3) is 0. The molecular formula is C37H22N2OS2. The fourth-order valence-corrected chi connectivity index (χ4v) is 8.15. The molecule has 0 aliphatic rings. The van der Waals surface area contributed by atoms with Crippen LogP contribution >= 0.6 is 22.7 Å². The number of rotatable bonds is 4. The predicted octanol–water partition coefficient (Wildman–Crippen LogP) is 11.7. The Labute approximate surface area is 249 Å². The van der Waals surface area contributed by atoms with Gasteiger partial charge >= 0.3 is 0 Å². The van der Waals surface area contributed by atoms with E-state index in [2.05, 4.69) is 108 Å². The van der Waals surface area contributed by atoms with E-state index in [-0.39, 0.29) is 0 Å². The van der Waals surface area contributed by atoms with E-state index in [4.69, 9.17) is 9.40 Å². The first-order chi connectivity index (χ1) is 20.8. The van der Waals surface area contributed by atoms with Gasteiger partial charge in [-0.15, -0.1) is 22.7 Å². The van der Waals surface area contributed by atoms with E-state index in [0.29, 0.717) is 5.89 Å². The molecular weight excluding hydrogens is 553 g/mol. The second-order valence-electron chi connectivity index (χ2n) is 10.4. The summed E-state index contributed by atoms with van der Waals surface area (Å²) in [5.41, 5.74) is 6.07. The van der Waals surface area contributed by atoms with E-state index in [1.165, 1.54) is 40.3 Å². The molecule has 0 atom stereocenters. The van der Waals surface area contributed by atoms with Gasteiger partial charge in [-0.25, -0.2) is 4.98 Å². The third-order valence-corrected chi connectivity index (χ3v) is 10.1. The molecule has 3 aromatic heterocycles. The van der Waals surface area contributed by atoms with Crippen molar-refractivity contribution >= 4 is 91.2 Å². The Hall–Kier alpha value is -4.97. The summed E-state index contributed by atoms with van der Waals surface area (Å²) in [6, 6.07) is 47.3. The van der Waals surface area contributed by atoms with Crippen LogP contribution in [0.15, 0.2) is 138 Å². The summed E-state index contributed by atoms with van der Waals surface area (Å²) in [6.45, 7) is 0. The molecule has 198 valence electrons. The summed E-state index contributed by atoms with van der Waals surface area (Å²) < 4.78 is 11.3. The Bertz CT molecular complexity index is 2420. The minimum absolute atomic E-state index is 0.653. The highest BCUT2D eigenvalue weighted by molar-refractivity contribution is 7.26. The molecule has 0 fully saturated rings. The number of hydrogen-bond acceptors (Lipinski definition) is 5. The third kappa shape index (κ3) is 3.75. The third-order valence-electron chi connectivity index (χ3n) is 7.88. The van der Waals surface area contributed by atoms with Crippen molar-refractivity contribution in [2.45, 2.75) is 0 Å². The van der Waals surface area contributed by atoms with Gasteiger partial charge in [-0.3, -0.25) is 0 Å². The molecule has 0 saturated carbocycles. The van der Waals surface area contributed by atoms with Crippen molar-refractivity contribution in [2.24, 2.45) is 0 Å². The number of aromatic nitrogens is 1. The van der Waals surface area contributed by atoms with Gasteiger partial charge in [0, 0.05) is 63.0 Å². The normalized spacial score (nSPS) is 11.8. The van der Waals surface area contributed by atoms with Crippen LogP contribution in [0.4, 0.5) is 17.1 Å². The van der Waals surface area contributed by atoms with Crippen LogP contribution in [0.2, 0.25) is 0 Å². The van der Waals surface area contributed by atoms with E-state index in [1.54, 1.807) is 11.3 Å². The van der Waals surface area contributed by atoms with E-state index < -0.39 is 0 Å². The molecule has 0 aliphatic carbocycles. The van der Waals surface area contributed by atoms with Crippen LogP contribution in [-0.2, 0) is 0 Å². The van der Waals surface area contributed by atoms with Gasteiger partial charge in [-0.1, -0.05) is 60.7 Å². The number of benzene rings is 6. The first kappa shape index (κ1) is 23.7. The van der Waals surface area contributed by atoms with Gasteiger partial charge in [-0.2, -0.15) is 0 Å². The van der Waals surface area contributed by atoms with E-state index in [9.17, 15) is 0 Å². The summed E-state index contributed by atoms with van der Waals surface area (Å²) in [4.78, 5) is 7.16. The van der Waals surface area contributed by atoms with Crippen molar-refractivity contribution in [1.82, 2.24) is 4.98 Å². The zero-order chi connectivity index (χ0) is 27.6. The lowest BCUT2D eigenvalue weighted by Gasteiger charge is -2.25. The molecule has 0 amide bonds. The van der Waals surface area contributed by atoms with Gasteiger partial charge < -0.3 is 9.32 Å². The first-order valence-electron chi connectivity index (χ1n) is 13.9. The fourth-order valence-electron chi connectivity index (χ4n) is 5.91. The van der Waals surface area contributed by atoms with Crippen LogP contribution in [0.3, 0.4) is 0 Å². The number of thiophene rings is 2. The molecule has 5 heteroatoms. The number of para-hydroxylation sites is 1. The minimum atomic E-state index is 0.653. The van der Waals surface area contributed by atoms with Crippen LogP contribution in [0.5, 0.6) is 0 Å². The van der Waals surface area contributed by atoms with Gasteiger partial charge in [0.05, 0.1) is 0 Å². The topological polar surface area (TPSA) is 29.3 Å². The molecule has 3 nitrogen and oxygen atoms in total. The Kier molecular flexibility index (Phi) is 5.24. The highest BCUT2D eigenvalue weighted by atomic mass is 32.1. The standard InChI is InChI=1S/C37H22N2OS2/c1-3-9-23(10-4-1)37-38-31-22-36-30(21-32(31)40-37)29-19-25(16-18-34(29)42-36)39(24-11-5-2-6-12-24)26-15-17-28-27-13-7-8-14-33(27)41-35(28)20-26/h1-22H. The predicted molar refractivity (Wildman–Crippen MR) is 180 cm³/mol. The lowest BCUT2D eigenvalue weighted by molar-refractivity contribution is 0.620. The zero-order valence-electron chi connectivity index (χ0n) is 22.3. The average Bonchev–Trinajstić information content (AvgIpc) is 3.73. The SMILES string of the molecule is c1ccc(-c2nc3cc4sc5ccc(N(c6ccccc6)c6ccc7c(c6)sc6ccccc67)cc5c4cc3o2)cc1. The van der Waals surface area contributed by atoms with E-state index >= 15 is 0 Å². The summed E-state index contributed by atoms with van der Waals surface area (Å²) in [7, 11) is 0. The van der Waals surface area contributed by atoms with Crippen molar-refractivity contribution < 1.29 is 4.42 Å². The van der Waals surface area contributed by atoms with Gasteiger partial charge in [0.2, 0.25) is 5.89 Å². The van der Waals surface area contributed by atoms with Gasteiger partial charge in [0.15, 0.2) is 5.58 Å². The summed E-state index contributed by atoms with van der Waals surface area (Å²) in [6.07, 6.45) is 0. The lowest BCUT2D eigenvalue weighted by atomic mass is 10.1. The van der Waals surface area contributed by atoms with Crippen molar-refractivity contribution in [1.29, 1.82) is 0 Å². The smallest absolute Gasteiger partial charge is 0.227 e. The first-order valence-corrected chi connectivity index (χ1v) is 15.5. The minimum Gasteiger partial charge on any atom is -0.436 e. The molecule has 0 radical (unpaired) electrons. The average molecular weight is 575 g/mol. The molecule has 9 rings (SSSR count). The zero-order valence-corrected chi connectivity index (χ0v) is 24.0. The number of hydrogen-bond donors (Lipinski definition) is 0. The van der Waals surface area contributed by atoms with Crippen molar-refractivity contribution in [3.05, 3.63) is 133 Å². The Morgan fingerprint density at radius 2 is 1.12 bits per heavy atom. The molecule has 9 aromatic rings. The van der Waals surface area contributed by atoms with Crippen molar-refractivity contribution in [3.63, 3.8) is 0 Å². The van der Waals surface area contributed by atoms with Crippen LogP contribution in [0, 0.1) is 0 Å². The van der Waals surface area contributed by atoms with Crippen molar-refractivity contribution in [3.8, 4) is 11.5 Å². The maximum Gasteiger partial charge on any atom is 0.227 e. The van der Waals surface area contributed by atoms with Gasteiger partial charge in [-0.05, 0) is 72.8 Å². The molecule has 42 heavy (non-hydrogen) atoms. The second-order valence-corrected chi connectivity index (χ2v) is 12.6. The van der Waals surface area contributed by atoms with E-state index in [1.807, 2.05) is 41.7 Å². The number of anilines is 3. The lowest BCUT2D eigenvalue weighted by Crippen LogP contribution is -2.09. The molecule has 0 saturated heterocycles. The molecule has 0 N–H and O–H groups in total. The highest BCUT2D eigenvalue weighted by Crippen LogP contribution is 2.44. The van der Waals surface area contributed by atoms with Gasteiger partial charge in [0.1, 0.15) is 5.52 Å². The highest BCUT2D eigenvalue weighted by Gasteiger charge is 2.17. The maximum atomic E-state index is 6.25. The number of nitrogens with zero attached hydrogens (tertiary/aromatic N) is 2. The van der Waals surface area contributed by atoms with E-state index in [0.717, 1.165) is 33.7 Å². The van der Waals surface area contributed by atoms with Crippen LogP contribution in [0.1, 0.15) is 0 Å². The summed E-state index contributed by atoms with van der Waals surface area (Å²) >= 11 is 3.65. The quantitative estimate of drug-likeness (QED) is 0.209. The molecule has 3 heterocycles. The Morgan fingerprint density at radius 3 is 1.98 bits per heavy atom. The molecule has 6 aromatic carbocycles. The van der Waals surface area contributed by atoms with Crippen molar-refractivity contribution in [2.75, 3.05) is 4.90 Å². The van der Waals surface area contributed by atoms with Crippen LogP contribution in [-0.4, -0.2) is 4.98 Å². The number of fused-ring (bicyclic) bond motifs is 7. The molecule has 0 spiro atoms. The largest absolute Gasteiger partial charge is 0.436 e. The summed E-state index contributed by atoms with van der Waals surface area (Å²) in [5, 5.41) is 5.03. The van der Waals surface area contributed by atoms with Crippen LogP contribution < -0.4 is 4.90 Å². The molecule has 0 unspecified atom stereocenters. The maximum absolute atomic E-state index is 6.25. The second kappa shape index (κ2) is 9.28. The van der Waals surface area contributed by atoms with Gasteiger partial charge in [0.25, 0.3) is 0 Å². The van der Waals surface area contributed by atoms with Crippen LogP contribution in [0.25, 0.3) is 62.9 Å². The Balaban J connectivity index is 1.22. The molecule has 0 aliphatic heterocycles. The number of oxazole rings is 1. The monoisotopic (exact) mass is 574 g/mol. The Morgan fingerprint density at radius 1 is 0.476 bits per heavy atom. The molecule has 0 bridgehead atoms.